The second-order valence-corrected chi connectivity index (χ2v) is 7.05. The van der Waals surface area contributed by atoms with Crippen LogP contribution >= 0.6 is 0 Å². The molecule has 132 valence electrons. The molecule has 1 aromatic heterocycles. The fourth-order valence-electron chi connectivity index (χ4n) is 4.21. The number of piperidine rings is 1. The van der Waals surface area contributed by atoms with Crippen molar-refractivity contribution in [1.82, 2.24) is 19.7 Å². The third kappa shape index (κ3) is 3.18. The van der Waals surface area contributed by atoms with Gasteiger partial charge in [-0.25, -0.2) is 4.98 Å². The van der Waals surface area contributed by atoms with Crippen LogP contribution in [0, 0.1) is 0 Å². The number of amides is 1. The van der Waals surface area contributed by atoms with Crippen LogP contribution in [-0.4, -0.2) is 50.7 Å². The molecule has 1 saturated heterocycles. The normalized spacial score (nSPS) is 22.0. The summed E-state index contributed by atoms with van der Waals surface area (Å²) in [5.41, 5.74) is 2.37. The molecule has 0 saturated carbocycles. The van der Waals surface area contributed by atoms with Crippen molar-refractivity contribution in [3.05, 3.63) is 42.5 Å². The molecule has 0 N–H and O–H groups in total. The largest absolute Gasteiger partial charge is 0.310 e. The summed E-state index contributed by atoms with van der Waals surface area (Å²) in [4.78, 5) is 21.6. The molecule has 6 heteroatoms. The summed E-state index contributed by atoms with van der Waals surface area (Å²) < 4.78 is 1.88. The van der Waals surface area contributed by atoms with E-state index in [1.807, 2.05) is 15.6 Å². The van der Waals surface area contributed by atoms with Crippen LogP contribution in [0.25, 0.3) is 0 Å². The summed E-state index contributed by atoms with van der Waals surface area (Å²) >= 11 is 0. The summed E-state index contributed by atoms with van der Waals surface area (Å²) in [5.74, 6) is 0.218. The van der Waals surface area contributed by atoms with Crippen LogP contribution in [0.15, 0.2) is 36.9 Å². The van der Waals surface area contributed by atoms with E-state index in [1.54, 1.807) is 12.7 Å². The van der Waals surface area contributed by atoms with Crippen LogP contribution in [0.4, 0.5) is 5.69 Å². The third-order valence-electron chi connectivity index (χ3n) is 5.55. The Kier molecular flexibility index (Phi) is 4.53. The number of aromatic nitrogens is 3. The van der Waals surface area contributed by atoms with Gasteiger partial charge in [-0.05, 0) is 44.4 Å². The maximum Gasteiger partial charge on any atom is 0.244 e. The zero-order chi connectivity index (χ0) is 17.2. The van der Waals surface area contributed by atoms with Gasteiger partial charge in [0.1, 0.15) is 12.7 Å². The number of hydrogen-bond donors (Lipinski definition) is 0. The zero-order valence-electron chi connectivity index (χ0n) is 14.7. The van der Waals surface area contributed by atoms with Crippen LogP contribution in [0.2, 0.25) is 0 Å². The molecule has 3 heterocycles. The van der Waals surface area contributed by atoms with E-state index < -0.39 is 0 Å². The first-order chi connectivity index (χ1) is 12.2. The Morgan fingerprint density at radius 1 is 1.28 bits per heavy atom. The van der Waals surface area contributed by atoms with Crippen LogP contribution in [0.3, 0.4) is 0 Å². The number of carbonyl (C=O) groups excluding carboxylic acids is 1. The highest BCUT2D eigenvalue weighted by atomic mass is 16.2. The number of carbonyl (C=O) groups is 1. The molecule has 1 fully saturated rings. The SMILES string of the molecule is C[C@@H](C(=O)N1CCc2ccccc21)N1CCCC[C@H]1Cn1cncn1. The van der Waals surface area contributed by atoms with Gasteiger partial charge in [-0.15, -0.1) is 0 Å². The number of fused-ring (bicyclic) bond motifs is 1. The molecule has 2 aliphatic rings. The van der Waals surface area contributed by atoms with Crippen LogP contribution < -0.4 is 4.90 Å². The van der Waals surface area contributed by atoms with Crippen molar-refractivity contribution in [2.75, 3.05) is 18.0 Å². The molecular weight excluding hydrogens is 314 g/mol. The van der Waals surface area contributed by atoms with E-state index in [0.29, 0.717) is 6.04 Å². The van der Waals surface area contributed by atoms with Crippen molar-refractivity contribution in [3.63, 3.8) is 0 Å². The van der Waals surface area contributed by atoms with Gasteiger partial charge in [0, 0.05) is 18.3 Å². The molecule has 0 spiro atoms. The molecule has 2 atom stereocenters. The lowest BCUT2D eigenvalue weighted by molar-refractivity contribution is -0.124. The average molecular weight is 339 g/mol. The Labute approximate surface area is 148 Å². The third-order valence-corrected chi connectivity index (χ3v) is 5.55. The summed E-state index contributed by atoms with van der Waals surface area (Å²) in [6, 6.07) is 8.49. The standard InChI is InChI=1S/C19H25N5O/c1-15(19(25)24-11-9-16-6-2-3-8-18(16)24)23-10-5-4-7-17(23)12-22-14-20-13-21-22/h2-3,6,8,13-15,17H,4-5,7,9-12H2,1H3/t15-,17-/m0/s1. The van der Waals surface area contributed by atoms with Gasteiger partial charge < -0.3 is 4.90 Å². The minimum atomic E-state index is -0.111. The number of benzene rings is 1. The molecule has 1 aromatic carbocycles. The lowest BCUT2D eigenvalue weighted by Gasteiger charge is -2.40. The maximum atomic E-state index is 13.2. The molecule has 4 rings (SSSR count). The summed E-state index contributed by atoms with van der Waals surface area (Å²) in [5, 5.41) is 4.24. The maximum absolute atomic E-state index is 13.2. The van der Waals surface area contributed by atoms with Crippen molar-refractivity contribution in [3.8, 4) is 0 Å². The highest BCUT2D eigenvalue weighted by Gasteiger charge is 2.35. The molecule has 2 aromatic rings. The van der Waals surface area contributed by atoms with E-state index in [-0.39, 0.29) is 11.9 Å². The second-order valence-electron chi connectivity index (χ2n) is 7.05. The van der Waals surface area contributed by atoms with Gasteiger partial charge in [-0.1, -0.05) is 24.6 Å². The fourth-order valence-corrected chi connectivity index (χ4v) is 4.21. The number of nitrogens with zero attached hydrogens (tertiary/aromatic N) is 5. The predicted octanol–water partition coefficient (Wildman–Crippen LogP) is 2.11. The minimum Gasteiger partial charge on any atom is -0.310 e. The van der Waals surface area contributed by atoms with E-state index in [4.69, 9.17) is 0 Å². The Morgan fingerprint density at radius 3 is 3.00 bits per heavy atom. The van der Waals surface area contributed by atoms with Gasteiger partial charge in [0.2, 0.25) is 5.91 Å². The van der Waals surface area contributed by atoms with Crippen molar-refractivity contribution < 1.29 is 4.79 Å². The van der Waals surface area contributed by atoms with Gasteiger partial charge in [-0.3, -0.25) is 14.4 Å². The van der Waals surface area contributed by atoms with Gasteiger partial charge in [0.25, 0.3) is 0 Å². The van der Waals surface area contributed by atoms with E-state index in [1.165, 1.54) is 12.0 Å². The molecule has 0 unspecified atom stereocenters. The van der Waals surface area contributed by atoms with Gasteiger partial charge >= 0.3 is 0 Å². The summed E-state index contributed by atoms with van der Waals surface area (Å²) in [6.45, 7) is 4.63. The first-order valence-electron chi connectivity index (χ1n) is 9.21. The summed E-state index contributed by atoms with van der Waals surface area (Å²) in [7, 11) is 0. The van der Waals surface area contributed by atoms with E-state index in [2.05, 4.69) is 40.1 Å². The Bertz CT molecular complexity index is 729. The minimum absolute atomic E-state index is 0.111. The molecule has 2 aliphatic heterocycles. The first kappa shape index (κ1) is 16.3. The molecular formula is C19H25N5O. The Morgan fingerprint density at radius 2 is 2.16 bits per heavy atom. The van der Waals surface area contributed by atoms with Crippen molar-refractivity contribution in [2.45, 2.75) is 51.2 Å². The Hall–Kier alpha value is -2.21. The van der Waals surface area contributed by atoms with Gasteiger partial charge in [0.05, 0.1) is 12.6 Å². The molecule has 0 bridgehead atoms. The highest BCUT2D eigenvalue weighted by molar-refractivity contribution is 5.98. The predicted molar refractivity (Wildman–Crippen MR) is 96.3 cm³/mol. The zero-order valence-corrected chi connectivity index (χ0v) is 14.7. The lowest BCUT2D eigenvalue weighted by Crippen LogP contribution is -2.53. The number of anilines is 1. The molecule has 1 amide bonds. The number of hydrogen-bond acceptors (Lipinski definition) is 4. The smallest absolute Gasteiger partial charge is 0.244 e. The lowest BCUT2D eigenvalue weighted by atomic mass is 9.99. The van der Waals surface area contributed by atoms with E-state index in [9.17, 15) is 4.79 Å². The highest BCUT2D eigenvalue weighted by Crippen LogP contribution is 2.29. The van der Waals surface area contributed by atoms with Crippen molar-refractivity contribution in [1.29, 1.82) is 0 Å². The topological polar surface area (TPSA) is 54.3 Å². The van der Waals surface area contributed by atoms with Crippen LogP contribution in [-0.2, 0) is 17.8 Å². The van der Waals surface area contributed by atoms with Crippen LogP contribution in [0.5, 0.6) is 0 Å². The second kappa shape index (κ2) is 6.96. The Balaban J connectivity index is 1.50. The quantitative estimate of drug-likeness (QED) is 0.856. The van der Waals surface area contributed by atoms with E-state index in [0.717, 1.165) is 44.6 Å². The van der Waals surface area contributed by atoms with Crippen molar-refractivity contribution >= 4 is 11.6 Å². The molecule has 6 nitrogen and oxygen atoms in total. The molecule has 0 aliphatic carbocycles. The van der Waals surface area contributed by atoms with E-state index >= 15 is 0 Å². The first-order valence-corrected chi connectivity index (χ1v) is 9.21. The summed E-state index contributed by atoms with van der Waals surface area (Å²) in [6.07, 6.45) is 7.76. The van der Waals surface area contributed by atoms with Crippen LogP contribution in [0.1, 0.15) is 31.7 Å². The van der Waals surface area contributed by atoms with Crippen molar-refractivity contribution in [2.24, 2.45) is 0 Å². The molecule has 0 radical (unpaired) electrons. The average Bonchev–Trinajstić information content (AvgIpc) is 3.30. The number of rotatable bonds is 4. The monoisotopic (exact) mass is 339 g/mol. The van der Waals surface area contributed by atoms with Gasteiger partial charge in [-0.2, -0.15) is 5.10 Å². The number of para-hydroxylation sites is 1. The fraction of sp³-hybridized carbons (Fsp3) is 0.526. The molecule has 25 heavy (non-hydrogen) atoms. The van der Waals surface area contributed by atoms with Gasteiger partial charge in [0.15, 0.2) is 0 Å². The number of likely N-dealkylation sites (tertiary alicyclic amines) is 1.